The summed E-state index contributed by atoms with van der Waals surface area (Å²) in [7, 11) is 4.63. The lowest BCUT2D eigenvalue weighted by Crippen LogP contribution is -2.45. The number of anilines is 1. The third-order valence-corrected chi connectivity index (χ3v) is 5.85. The molecule has 0 unspecified atom stereocenters. The maximum Gasteiger partial charge on any atom is 0.322 e. The molecule has 0 bridgehead atoms. The normalized spacial score (nSPS) is 17.6. The minimum atomic E-state index is -0.730. The van der Waals surface area contributed by atoms with E-state index in [1.807, 2.05) is 31.2 Å². The van der Waals surface area contributed by atoms with E-state index in [1.165, 1.54) is 24.0 Å². The van der Waals surface area contributed by atoms with Crippen LogP contribution in [0.15, 0.2) is 53.7 Å². The Morgan fingerprint density at radius 3 is 2.52 bits per heavy atom. The first-order valence-corrected chi connectivity index (χ1v) is 10.5. The number of rotatable bonds is 6. The van der Waals surface area contributed by atoms with Gasteiger partial charge < -0.3 is 25.0 Å². The van der Waals surface area contributed by atoms with Crippen LogP contribution in [0.1, 0.15) is 17.2 Å². The summed E-state index contributed by atoms with van der Waals surface area (Å²) in [6.07, 6.45) is 0. The lowest BCUT2D eigenvalue weighted by atomic mass is 9.94. The van der Waals surface area contributed by atoms with Crippen molar-refractivity contribution in [1.29, 1.82) is 0 Å². The van der Waals surface area contributed by atoms with E-state index >= 15 is 0 Å². The maximum atomic E-state index is 13.4. The number of aryl methyl sites for hydroxylation is 1. The highest BCUT2D eigenvalue weighted by Crippen LogP contribution is 2.42. The molecule has 0 aromatic heterocycles. The molecule has 0 fully saturated rings. The number of para-hydroxylation sites is 1. The first-order valence-electron chi connectivity index (χ1n) is 10.5. The van der Waals surface area contributed by atoms with Crippen molar-refractivity contribution < 1.29 is 23.9 Å². The first-order chi connectivity index (χ1) is 15.8. The second-order valence-corrected chi connectivity index (χ2v) is 7.96. The average molecular weight is 450 g/mol. The molecule has 172 valence electrons. The minimum Gasteiger partial charge on any atom is -0.493 e. The van der Waals surface area contributed by atoms with Gasteiger partial charge in [-0.25, -0.2) is 4.79 Å². The Morgan fingerprint density at radius 1 is 1.12 bits per heavy atom. The highest BCUT2D eigenvalue weighted by Gasteiger charge is 2.44. The molecule has 9 nitrogen and oxygen atoms in total. The third kappa shape index (κ3) is 4.09. The molecule has 0 saturated heterocycles. The molecule has 4 amide bonds. The summed E-state index contributed by atoms with van der Waals surface area (Å²) in [4.78, 5) is 41.6. The number of nitrogens with zero attached hydrogens (tertiary/aromatic N) is 2. The molecule has 0 radical (unpaired) electrons. The second-order valence-electron chi connectivity index (χ2n) is 7.96. The summed E-state index contributed by atoms with van der Waals surface area (Å²) < 4.78 is 10.9. The van der Waals surface area contributed by atoms with Crippen LogP contribution in [0.25, 0.3) is 0 Å². The van der Waals surface area contributed by atoms with Crippen molar-refractivity contribution in [3.63, 3.8) is 0 Å². The summed E-state index contributed by atoms with van der Waals surface area (Å²) in [5, 5.41) is 5.68. The van der Waals surface area contributed by atoms with E-state index in [1.54, 1.807) is 25.2 Å². The summed E-state index contributed by atoms with van der Waals surface area (Å²) in [5.41, 5.74) is 3.31. The largest absolute Gasteiger partial charge is 0.493 e. The van der Waals surface area contributed by atoms with Gasteiger partial charge in [-0.1, -0.05) is 29.8 Å². The number of amides is 4. The van der Waals surface area contributed by atoms with E-state index in [2.05, 4.69) is 10.6 Å². The molecule has 0 spiro atoms. The molecule has 2 aliphatic heterocycles. The van der Waals surface area contributed by atoms with Gasteiger partial charge in [0.05, 0.1) is 38.1 Å². The number of likely N-dealkylation sites (N-methyl/N-ethyl adjacent to an activating group) is 1. The zero-order valence-electron chi connectivity index (χ0n) is 19.0. The van der Waals surface area contributed by atoms with Gasteiger partial charge in [0.1, 0.15) is 6.54 Å². The lowest BCUT2D eigenvalue weighted by molar-refractivity contribution is -0.130. The number of ether oxygens (including phenoxy) is 2. The SMILES string of the molecule is COc1cccc([C@H]2NC(=O)N(C)C3=C2C(=O)N(CC(=O)Nc2ccc(C)cc2)C3)c1OC. The van der Waals surface area contributed by atoms with Crippen LogP contribution in [-0.2, 0) is 9.59 Å². The summed E-state index contributed by atoms with van der Waals surface area (Å²) in [6.45, 7) is 1.98. The fourth-order valence-electron chi connectivity index (χ4n) is 4.13. The zero-order valence-corrected chi connectivity index (χ0v) is 19.0. The number of methoxy groups -OCH3 is 2. The maximum absolute atomic E-state index is 13.4. The van der Waals surface area contributed by atoms with Crippen molar-refractivity contribution in [2.75, 3.05) is 39.7 Å². The molecular formula is C24H26N4O5. The average Bonchev–Trinajstić information content (AvgIpc) is 3.13. The van der Waals surface area contributed by atoms with Crippen LogP contribution in [0.4, 0.5) is 10.5 Å². The van der Waals surface area contributed by atoms with Crippen molar-refractivity contribution in [3.05, 3.63) is 64.9 Å². The van der Waals surface area contributed by atoms with Gasteiger partial charge in [-0.2, -0.15) is 0 Å². The van der Waals surface area contributed by atoms with Gasteiger partial charge in [0.25, 0.3) is 5.91 Å². The number of hydrogen-bond donors (Lipinski definition) is 2. The highest BCUT2D eigenvalue weighted by molar-refractivity contribution is 6.04. The Kier molecular flexibility index (Phi) is 5.95. The number of urea groups is 1. The Balaban J connectivity index is 1.60. The van der Waals surface area contributed by atoms with Crippen molar-refractivity contribution in [1.82, 2.24) is 15.1 Å². The standard InChI is InChI=1S/C24H26N4O5/c1-14-8-10-15(11-9-14)25-19(29)13-28-12-17-20(23(28)30)21(26-24(31)27(17)2)16-6-5-7-18(32-3)22(16)33-4/h5-11,21H,12-13H2,1-4H3,(H,25,29)(H,26,31)/t21-/m1/s1. The van der Waals surface area contributed by atoms with Crippen LogP contribution in [-0.4, -0.2) is 62.0 Å². The Hall–Kier alpha value is -4.01. The van der Waals surface area contributed by atoms with Gasteiger partial charge in [0, 0.05) is 18.3 Å². The Morgan fingerprint density at radius 2 is 1.85 bits per heavy atom. The molecule has 4 rings (SSSR count). The predicted octanol–water partition coefficient (Wildman–Crippen LogP) is 2.44. The van der Waals surface area contributed by atoms with E-state index in [-0.39, 0.29) is 30.9 Å². The molecule has 1 atom stereocenters. The molecule has 2 aliphatic rings. The zero-order chi connectivity index (χ0) is 23.7. The van der Waals surface area contributed by atoms with Gasteiger partial charge in [-0.3, -0.25) is 14.5 Å². The number of benzene rings is 2. The van der Waals surface area contributed by atoms with Crippen molar-refractivity contribution >= 4 is 23.5 Å². The summed E-state index contributed by atoms with van der Waals surface area (Å²) in [6, 6.07) is 11.6. The van der Waals surface area contributed by atoms with E-state index in [0.29, 0.717) is 34.0 Å². The van der Waals surface area contributed by atoms with Crippen LogP contribution in [0, 0.1) is 6.92 Å². The van der Waals surface area contributed by atoms with E-state index in [4.69, 9.17) is 9.47 Å². The van der Waals surface area contributed by atoms with Crippen LogP contribution in [0.5, 0.6) is 11.5 Å². The molecule has 2 aromatic rings. The molecule has 0 aliphatic carbocycles. The molecule has 9 heteroatoms. The van der Waals surface area contributed by atoms with Crippen LogP contribution >= 0.6 is 0 Å². The number of nitrogens with one attached hydrogen (secondary N) is 2. The summed E-state index contributed by atoms with van der Waals surface area (Å²) >= 11 is 0. The van der Waals surface area contributed by atoms with Crippen LogP contribution < -0.4 is 20.1 Å². The molecule has 2 N–H and O–H groups in total. The third-order valence-electron chi connectivity index (χ3n) is 5.85. The quantitative estimate of drug-likeness (QED) is 0.704. The van der Waals surface area contributed by atoms with Crippen molar-refractivity contribution in [3.8, 4) is 11.5 Å². The number of hydrogen-bond acceptors (Lipinski definition) is 5. The second kappa shape index (κ2) is 8.85. The topological polar surface area (TPSA) is 100 Å². The van der Waals surface area contributed by atoms with Crippen molar-refractivity contribution in [2.45, 2.75) is 13.0 Å². The number of carbonyl (C=O) groups excluding carboxylic acids is 3. The highest BCUT2D eigenvalue weighted by atomic mass is 16.5. The van der Waals surface area contributed by atoms with Gasteiger partial charge in [0.2, 0.25) is 5.91 Å². The van der Waals surface area contributed by atoms with Crippen molar-refractivity contribution in [2.24, 2.45) is 0 Å². The van der Waals surface area contributed by atoms with Crippen LogP contribution in [0.2, 0.25) is 0 Å². The van der Waals surface area contributed by atoms with Gasteiger partial charge in [-0.05, 0) is 25.1 Å². The van der Waals surface area contributed by atoms with Gasteiger partial charge in [-0.15, -0.1) is 0 Å². The molecule has 0 saturated carbocycles. The Labute approximate surface area is 191 Å². The van der Waals surface area contributed by atoms with Gasteiger partial charge >= 0.3 is 6.03 Å². The number of carbonyl (C=O) groups is 3. The van der Waals surface area contributed by atoms with Gasteiger partial charge in [0.15, 0.2) is 11.5 Å². The fourth-order valence-corrected chi connectivity index (χ4v) is 4.13. The minimum absolute atomic E-state index is 0.135. The van der Waals surface area contributed by atoms with E-state index < -0.39 is 6.04 Å². The molecular weight excluding hydrogens is 424 g/mol. The van der Waals surface area contributed by atoms with Crippen LogP contribution in [0.3, 0.4) is 0 Å². The lowest BCUT2D eigenvalue weighted by Gasteiger charge is -2.31. The van der Waals surface area contributed by atoms with E-state index in [0.717, 1.165) is 5.56 Å². The monoisotopic (exact) mass is 450 g/mol. The summed E-state index contributed by atoms with van der Waals surface area (Å²) in [5.74, 6) is 0.297. The molecule has 2 aromatic carbocycles. The fraction of sp³-hybridized carbons (Fsp3) is 0.292. The molecule has 33 heavy (non-hydrogen) atoms. The first kappa shape index (κ1) is 22.2. The smallest absolute Gasteiger partial charge is 0.322 e. The Bertz CT molecular complexity index is 1140. The predicted molar refractivity (Wildman–Crippen MR) is 122 cm³/mol. The van der Waals surface area contributed by atoms with E-state index in [9.17, 15) is 14.4 Å². The molecule has 2 heterocycles.